The number of carbonyl (C=O) groups excluding carboxylic acids is 2. The number of amides is 2. The number of β-lactam (4-membered cyclic amide) rings is 1. The predicted octanol–water partition coefficient (Wildman–Crippen LogP) is 2.91. The van der Waals surface area contributed by atoms with Gasteiger partial charge >= 0.3 is 0 Å². The fraction of sp³-hybridized carbons (Fsp3) is 0.292. The monoisotopic (exact) mass is 428 g/mol. The Balaban J connectivity index is 1.47. The number of anilines is 1. The average molecular weight is 428 g/mol. The third-order valence-electron chi connectivity index (χ3n) is 6.23. The molecule has 1 aliphatic carbocycles. The lowest BCUT2D eigenvalue weighted by Crippen LogP contribution is -2.70. The summed E-state index contributed by atoms with van der Waals surface area (Å²) in [5.41, 5.74) is 1.37. The molecule has 1 N–H and O–H groups in total. The molecular weight excluding hydrogens is 404 g/mol. The van der Waals surface area contributed by atoms with E-state index in [4.69, 9.17) is 0 Å². The normalized spacial score (nSPS) is 21.1. The molecule has 1 atom stereocenters. The lowest BCUT2D eigenvalue weighted by molar-refractivity contribution is -0.137. The third kappa shape index (κ3) is 3.68. The van der Waals surface area contributed by atoms with Crippen LogP contribution in [-0.2, 0) is 9.59 Å². The summed E-state index contributed by atoms with van der Waals surface area (Å²) in [5.74, 6) is -0.208. The van der Waals surface area contributed by atoms with Crippen LogP contribution in [0, 0.1) is 0 Å². The van der Waals surface area contributed by atoms with Gasteiger partial charge in [-0.3, -0.25) is 14.5 Å². The zero-order chi connectivity index (χ0) is 22.0. The molecule has 2 aliphatic rings. The Bertz CT molecular complexity index is 1120. The van der Waals surface area contributed by atoms with Gasteiger partial charge in [0.05, 0.1) is 12.1 Å². The molecule has 1 saturated heterocycles. The molecule has 162 valence electrons. The molecule has 3 aromatic rings. The van der Waals surface area contributed by atoms with Crippen molar-refractivity contribution >= 4 is 23.6 Å². The van der Waals surface area contributed by atoms with Crippen LogP contribution in [0.2, 0.25) is 0 Å². The zero-order valence-electron chi connectivity index (χ0n) is 17.6. The highest BCUT2D eigenvalue weighted by Gasteiger charge is 2.56. The fourth-order valence-corrected chi connectivity index (χ4v) is 4.50. The Morgan fingerprint density at radius 2 is 1.75 bits per heavy atom. The lowest BCUT2D eigenvalue weighted by Gasteiger charge is -2.49. The topological polar surface area (TPSA) is 93.0 Å². The maximum absolute atomic E-state index is 13.5. The van der Waals surface area contributed by atoms with Crippen LogP contribution in [0.1, 0.15) is 37.7 Å². The summed E-state index contributed by atoms with van der Waals surface area (Å²) in [5, 5.41) is 14.4. The summed E-state index contributed by atoms with van der Waals surface area (Å²) >= 11 is 0. The molecule has 8 heteroatoms. The highest BCUT2D eigenvalue weighted by atomic mass is 16.2. The highest BCUT2D eigenvalue weighted by Crippen LogP contribution is 2.40. The van der Waals surface area contributed by atoms with Crippen LogP contribution in [-0.4, -0.2) is 43.6 Å². The van der Waals surface area contributed by atoms with Gasteiger partial charge in [-0.05, 0) is 59.2 Å². The summed E-state index contributed by atoms with van der Waals surface area (Å²) in [6.45, 7) is 0. The van der Waals surface area contributed by atoms with Gasteiger partial charge in [-0.2, -0.15) is 0 Å². The molecule has 1 saturated carbocycles. The van der Waals surface area contributed by atoms with E-state index in [9.17, 15) is 9.59 Å². The molecule has 2 heterocycles. The minimum Gasteiger partial charge on any atom is -0.351 e. The van der Waals surface area contributed by atoms with Gasteiger partial charge in [-0.1, -0.05) is 49.2 Å². The second-order valence-corrected chi connectivity index (χ2v) is 8.30. The van der Waals surface area contributed by atoms with Crippen molar-refractivity contribution < 1.29 is 9.59 Å². The summed E-state index contributed by atoms with van der Waals surface area (Å²) in [4.78, 5) is 27.9. The van der Waals surface area contributed by atoms with Crippen LogP contribution in [0.4, 0.5) is 5.69 Å². The smallest absolute Gasteiger partial charge is 0.251 e. The summed E-state index contributed by atoms with van der Waals surface area (Å²) in [6.07, 6.45) is 9.65. The fourth-order valence-electron chi connectivity index (χ4n) is 4.50. The van der Waals surface area contributed by atoms with Crippen LogP contribution in [0.5, 0.6) is 0 Å². The molecule has 32 heavy (non-hydrogen) atoms. The van der Waals surface area contributed by atoms with E-state index in [0.29, 0.717) is 5.69 Å². The molecule has 1 aromatic heterocycles. The van der Waals surface area contributed by atoms with Crippen LogP contribution in [0.25, 0.3) is 11.8 Å². The zero-order valence-corrected chi connectivity index (χ0v) is 17.6. The van der Waals surface area contributed by atoms with Crippen LogP contribution in [0.3, 0.4) is 0 Å². The molecule has 5 rings (SSSR count). The second-order valence-electron chi connectivity index (χ2n) is 8.30. The maximum Gasteiger partial charge on any atom is 0.251 e. The Kier molecular flexibility index (Phi) is 5.26. The van der Waals surface area contributed by atoms with Crippen molar-refractivity contribution in [1.82, 2.24) is 25.5 Å². The summed E-state index contributed by atoms with van der Waals surface area (Å²) < 4.78 is 1.54. The first-order valence-corrected chi connectivity index (χ1v) is 10.9. The van der Waals surface area contributed by atoms with Crippen LogP contribution >= 0.6 is 0 Å². The van der Waals surface area contributed by atoms with E-state index in [1.165, 1.54) is 11.0 Å². The van der Waals surface area contributed by atoms with Crippen LogP contribution < -0.4 is 10.2 Å². The Morgan fingerprint density at radius 1 is 1.03 bits per heavy atom. The van der Waals surface area contributed by atoms with Crippen molar-refractivity contribution in [3.63, 3.8) is 0 Å². The molecule has 8 nitrogen and oxygen atoms in total. The van der Waals surface area contributed by atoms with Crippen molar-refractivity contribution in [3.8, 4) is 5.69 Å². The molecule has 0 bridgehead atoms. The summed E-state index contributed by atoms with van der Waals surface area (Å²) in [6, 6.07) is 17.3. The summed E-state index contributed by atoms with van der Waals surface area (Å²) in [7, 11) is 0. The first-order valence-electron chi connectivity index (χ1n) is 10.9. The number of hydrogen-bond donors (Lipinski definition) is 1. The quantitative estimate of drug-likeness (QED) is 0.610. The standard InChI is InChI=1S/C24H24N6O2/c31-22-16-24(15-14-18-6-2-1-3-7-18,23(32)26-19-8-4-5-9-19)30(22)21-12-10-20(11-13-21)29-17-25-27-28-29/h1-3,6-7,10-15,17,19H,4-5,8-9,16H2,(H,26,32)/b15-14+/t24-/m0/s1. The Labute approximate surface area is 185 Å². The number of benzene rings is 2. The minimum atomic E-state index is -1.05. The Morgan fingerprint density at radius 3 is 2.41 bits per heavy atom. The van der Waals surface area contributed by atoms with E-state index < -0.39 is 5.54 Å². The molecule has 0 radical (unpaired) electrons. The van der Waals surface area contributed by atoms with E-state index in [-0.39, 0.29) is 24.3 Å². The Hall–Kier alpha value is -3.81. The molecule has 2 aromatic carbocycles. The lowest BCUT2D eigenvalue weighted by atomic mass is 9.80. The maximum atomic E-state index is 13.5. The number of aromatic nitrogens is 4. The van der Waals surface area contributed by atoms with Gasteiger partial charge in [0.15, 0.2) is 5.54 Å². The number of tetrazole rings is 1. The van der Waals surface area contributed by atoms with Crippen LogP contribution in [0.15, 0.2) is 67.0 Å². The van der Waals surface area contributed by atoms with Crippen molar-refractivity contribution in [2.75, 3.05) is 4.90 Å². The van der Waals surface area contributed by atoms with Crippen molar-refractivity contribution in [2.45, 2.75) is 43.7 Å². The van der Waals surface area contributed by atoms with Crippen molar-refractivity contribution in [3.05, 3.63) is 72.6 Å². The van der Waals surface area contributed by atoms with Crippen molar-refractivity contribution in [1.29, 1.82) is 0 Å². The van der Waals surface area contributed by atoms with Gasteiger partial charge in [0.1, 0.15) is 6.33 Å². The number of nitrogens with zero attached hydrogens (tertiary/aromatic N) is 5. The number of rotatable bonds is 6. The molecule has 0 unspecified atom stereocenters. The minimum absolute atomic E-state index is 0.0838. The number of hydrogen-bond acceptors (Lipinski definition) is 5. The van der Waals surface area contributed by atoms with Gasteiger partial charge in [0.25, 0.3) is 5.91 Å². The van der Waals surface area contributed by atoms with Gasteiger partial charge in [-0.25, -0.2) is 4.68 Å². The van der Waals surface area contributed by atoms with E-state index in [1.807, 2.05) is 66.7 Å². The molecule has 0 spiro atoms. The molecular formula is C24H24N6O2. The molecule has 1 aliphatic heterocycles. The van der Waals surface area contributed by atoms with E-state index in [0.717, 1.165) is 36.9 Å². The van der Waals surface area contributed by atoms with Gasteiger partial charge in [0, 0.05) is 11.7 Å². The number of nitrogens with one attached hydrogen (secondary N) is 1. The molecule has 2 amide bonds. The SMILES string of the molecule is O=C1C[C@@](/C=C/c2ccccc2)(C(=O)NC2CCCC2)N1c1ccc(-n2cnnn2)cc1. The van der Waals surface area contributed by atoms with Gasteiger partial charge in [0.2, 0.25) is 5.91 Å². The number of carbonyl (C=O) groups is 2. The van der Waals surface area contributed by atoms with E-state index in [2.05, 4.69) is 20.8 Å². The molecule has 2 fully saturated rings. The second kappa shape index (κ2) is 8.37. The average Bonchev–Trinajstić information content (AvgIpc) is 3.52. The largest absolute Gasteiger partial charge is 0.351 e. The van der Waals surface area contributed by atoms with Gasteiger partial charge < -0.3 is 5.32 Å². The van der Waals surface area contributed by atoms with Crippen molar-refractivity contribution in [2.24, 2.45) is 0 Å². The first-order chi connectivity index (χ1) is 15.7. The highest BCUT2D eigenvalue weighted by molar-refractivity contribution is 6.15. The van der Waals surface area contributed by atoms with E-state index in [1.54, 1.807) is 4.90 Å². The first kappa shape index (κ1) is 20.1. The van der Waals surface area contributed by atoms with E-state index >= 15 is 0 Å². The predicted molar refractivity (Wildman–Crippen MR) is 120 cm³/mol. The third-order valence-corrected chi connectivity index (χ3v) is 6.23. The van der Waals surface area contributed by atoms with Gasteiger partial charge in [-0.15, -0.1) is 5.10 Å².